The van der Waals surface area contributed by atoms with E-state index in [1.165, 1.54) is 5.56 Å². The van der Waals surface area contributed by atoms with Crippen molar-refractivity contribution >= 4 is 0 Å². The van der Waals surface area contributed by atoms with E-state index in [4.69, 9.17) is 9.40 Å². The molecule has 3 rings (SSSR count). The number of oxazole rings is 1. The van der Waals surface area contributed by atoms with Crippen molar-refractivity contribution in [3.8, 4) is 17.2 Å². The maximum absolute atomic E-state index is 11.0. The van der Waals surface area contributed by atoms with E-state index in [1.807, 2.05) is 24.3 Å². The molecule has 0 aliphatic heterocycles. The molecule has 0 amide bonds. The smallest absolute Gasteiger partial charge is 0.226 e. The van der Waals surface area contributed by atoms with Crippen LogP contribution in [0.2, 0.25) is 0 Å². The zero-order valence-electron chi connectivity index (χ0n) is 22.6. The maximum atomic E-state index is 11.0. The quantitative estimate of drug-likeness (QED) is 0.335. The third-order valence-corrected chi connectivity index (χ3v) is 6.42. The summed E-state index contributed by atoms with van der Waals surface area (Å²) in [5.41, 5.74) is 6.25. The SMILES string of the molecule is CCNCc1cc(C)ccc1C(O)CCc1coc(-c2cc(C(C)(C)C)c(O)c(C(C)(C)C)c2)n1. The number of aliphatic hydroxyl groups is 1. The number of nitrogens with zero attached hydrogens (tertiary/aromatic N) is 1. The molecule has 1 aromatic heterocycles. The molecule has 0 bridgehead atoms. The van der Waals surface area contributed by atoms with Gasteiger partial charge in [0.1, 0.15) is 12.0 Å². The van der Waals surface area contributed by atoms with Crippen molar-refractivity contribution in [1.29, 1.82) is 0 Å². The summed E-state index contributed by atoms with van der Waals surface area (Å²) in [6.07, 6.45) is 2.27. The number of aromatic hydroxyl groups is 1. The molecule has 5 heteroatoms. The van der Waals surface area contributed by atoms with Gasteiger partial charge in [-0.1, -0.05) is 72.2 Å². The lowest BCUT2D eigenvalue weighted by Crippen LogP contribution is -2.17. The lowest BCUT2D eigenvalue weighted by molar-refractivity contribution is 0.166. The highest BCUT2D eigenvalue weighted by Gasteiger charge is 2.27. The Kier molecular flexibility index (Phi) is 8.13. The summed E-state index contributed by atoms with van der Waals surface area (Å²) in [5.74, 6) is 0.878. The van der Waals surface area contributed by atoms with Crippen LogP contribution in [0, 0.1) is 6.92 Å². The largest absolute Gasteiger partial charge is 0.507 e. The third kappa shape index (κ3) is 6.53. The molecule has 3 aromatic rings. The summed E-state index contributed by atoms with van der Waals surface area (Å²) in [7, 11) is 0. The van der Waals surface area contributed by atoms with Crippen LogP contribution in [0.3, 0.4) is 0 Å². The molecular formula is C30H42N2O3. The van der Waals surface area contributed by atoms with Gasteiger partial charge in [0.15, 0.2) is 0 Å². The average Bonchev–Trinajstić information content (AvgIpc) is 3.23. The summed E-state index contributed by atoms with van der Waals surface area (Å²) < 4.78 is 5.87. The molecule has 1 heterocycles. The molecule has 0 spiro atoms. The summed E-state index contributed by atoms with van der Waals surface area (Å²) in [6, 6.07) is 10.2. The van der Waals surface area contributed by atoms with Crippen LogP contribution in [-0.2, 0) is 23.8 Å². The second-order valence-corrected chi connectivity index (χ2v) is 11.6. The van der Waals surface area contributed by atoms with Gasteiger partial charge in [-0.3, -0.25) is 0 Å². The summed E-state index contributed by atoms with van der Waals surface area (Å²) >= 11 is 0. The summed E-state index contributed by atoms with van der Waals surface area (Å²) in [6.45, 7) is 18.3. The lowest BCUT2D eigenvalue weighted by atomic mass is 9.78. The van der Waals surface area contributed by atoms with Gasteiger partial charge < -0.3 is 19.9 Å². The first-order chi connectivity index (χ1) is 16.3. The molecule has 0 fully saturated rings. The minimum absolute atomic E-state index is 0.224. The highest BCUT2D eigenvalue weighted by Crippen LogP contribution is 2.41. The minimum Gasteiger partial charge on any atom is -0.507 e. The van der Waals surface area contributed by atoms with E-state index in [0.29, 0.717) is 24.5 Å². The molecule has 190 valence electrons. The molecule has 0 saturated carbocycles. The molecule has 1 unspecified atom stereocenters. The third-order valence-electron chi connectivity index (χ3n) is 6.42. The fourth-order valence-corrected chi connectivity index (χ4v) is 4.37. The van der Waals surface area contributed by atoms with E-state index in [9.17, 15) is 10.2 Å². The molecule has 2 aromatic carbocycles. The van der Waals surface area contributed by atoms with Crippen molar-refractivity contribution < 1.29 is 14.6 Å². The van der Waals surface area contributed by atoms with Gasteiger partial charge in [-0.15, -0.1) is 0 Å². The first-order valence-electron chi connectivity index (χ1n) is 12.6. The fraction of sp³-hybridized carbons (Fsp3) is 0.500. The maximum Gasteiger partial charge on any atom is 0.226 e. The number of benzene rings is 2. The van der Waals surface area contributed by atoms with E-state index >= 15 is 0 Å². The Bertz CT molecular complexity index is 1110. The standard InChI is InChI=1S/C30H42N2O3/c1-9-31-17-21-14-19(2)10-12-23(21)26(33)13-11-22-18-35-28(32-22)20-15-24(29(3,4)5)27(34)25(16-20)30(6,7)8/h10,12,14-16,18,26,31,33-34H,9,11,13,17H2,1-8H3. The van der Waals surface area contributed by atoms with Gasteiger partial charge in [0.25, 0.3) is 0 Å². The Morgan fingerprint density at radius 3 is 2.20 bits per heavy atom. The van der Waals surface area contributed by atoms with Gasteiger partial charge in [0, 0.05) is 23.2 Å². The first kappa shape index (κ1) is 27.0. The van der Waals surface area contributed by atoms with Crippen LogP contribution in [0.15, 0.2) is 41.0 Å². The summed E-state index contributed by atoms with van der Waals surface area (Å²) in [4.78, 5) is 4.74. The van der Waals surface area contributed by atoms with Crippen LogP contribution in [0.1, 0.15) is 94.5 Å². The van der Waals surface area contributed by atoms with Crippen LogP contribution >= 0.6 is 0 Å². The van der Waals surface area contributed by atoms with Gasteiger partial charge in [0.2, 0.25) is 5.89 Å². The van der Waals surface area contributed by atoms with E-state index in [-0.39, 0.29) is 10.8 Å². The van der Waals surface area contributed by atoms with Crippen LogP contribution in [0.4, 0.5) is 0 Å². The van der Waals surface area contributed by atoms with Crippen LogP contribution in [0.25, 0.3) is 11.5 Å². The highest BCUT2D eigenvalue weighted by molar-refractivity contribution is 5.63. The molecule has 0 radical (unpaired) electrons. The van der Waals surface area contributed by atoms with Crippen molar-refractivity contribution in [2.24, 2.45) is 0 Å². The van der Waals surface area contributed by atoms with Crippen LogP contribution in [-0.4, -0.2) is 21.7 Å². The van der Waals surface area contributed by atoms with Crippen LogP contribution < -0.4 is 5.32 Å². The Hall–Kier alpha value is -2.63. The zero-order chi connectivity index (χ0) is 26.0. The number of phenols is 1. The number of hydrogen-bond donors (Lipinski definition) is 3. The van der Waals surface area contributed by atoms with Crippen molar-refractivity contribution in [3.63, 3.8) is 0 Å². The molecular weight excluding hydrogens is 436 g/mol. The zero-order valence-corrected chi connectivity index (χ0v) is 22.6. The Balaban J connectivity index is 1.83. The second-order valence-electron chi connectivity index (χ2n) is 11.6. The monoisotopic (exact) mass is 478 g/mol. The molecule has 5 nitrogen and oxygen atoms in total. The van der Waals surface area contributed by atoms with E-state index in [0.717, 1.165) is 46.6 Å². The Morgan fingerprint density at radius 1 is 1.00 bits per heavy atom. The van der Waals surface area contributed by atoms with E-state index < -0.39 is 6.10 Å². The Labute approximate surface area is 210 Å². The number of phenolic OH excluding ortho intramolecular Hbond substituents is 1. The molecule has 35 heavy (non-hydrogen) atoms. The van der Waals surface area contributed by atoms with Gasteiger partial charge in [-0.2, -0.15) is 0 Å². The number of hydrogen-bond acceptors (Lipinski definition) is 5. The predicted molar refractivity (Wildman–Crippen MR) is 143 cm³/mol. The molecule has 0 aliphatic carbocycles. The van der Waals surface area contributed by atoms with Gasteiger partial charge in [-0.25, -0.2) is 4.98 Å². The normalized spacial score (nSPS) is 13.3. The van der Waals surface area contributed by atoms with Crippen molar-refractivity contribution in [2.45, 2.75) is 91.7 Å². The number of rotatable bonds is 8. The molecule has 1 atom stereocenters. The van der Waals surface area contributed by atoms with Gasteiger partial charge >= 0.3 is 0 Å². The number of aromatic nitrogens is 1. The van der Waals surface area contributed by atoms with Crippen molar-refractivity contribution in [1.82, 2.24) is 10.3 Å². The lowest BCUT2D eigenvalue weighted by Gasteiger charge is -2.27. The second kappa shape index (κ2) is 10.5. The summed E-state index contributed by atoms with van der Waals surface area (Å²) in [5, 5.41) is 25.3. The van der Waals surface area contributed by atoms with Gasteiger partial charge in [-0.05, 0) is 60.4 Å². The van der Waals surface area contributed by atoms with Crippen LogP contribution in [0.5, 0.6) is 5.75 Å². The molecule has 0 saturated heterocycles. The van der Waals surface area contributed by atoms with E-state index in [1.54, 1.807) is 6.26 Å². The number of aryl methyl sites for hydroxylation is 2. The van der Waals surface area contributed by atoms with E-state index in [2.05, 4.69) is 66.8 Å². The minimum atomic E-state index is -0.571. The van der Waals surface area contributed by atoms with Gasteiger partial charge in [0.05, 0.1) is 11.8 Å². The first-order valence-corrected chi connectivity index (χ1v) is 12.6. The number of nitrogens with one attached hydrogen (secondary N) is 1. The predicted octanol–water partition coefficient (Wildman–Crippen LogP) is 6.73. The van der Waals surface area contributed by atoms with Crippen molar-refractivity contribution in [3.05, 3.63) is 70.1 Å². The molecule has 3 N–H and O–H groups in total. The average molecular weight is 479 g/mol. The Morgan fingerprint density at radius 2 is 1.63 bits per heavy atom. The highest BCUT2D eigenvalue weighted by atomic mass is 16.3. The molecule has 0 aliphatic rings. The topological polar surface area (TPSA) is 78.5 Å². The fourth-order valence-electron chi connectivity index (χ4n) is 4.37. The number of aliphatic hydroxyl groups excluding tert-OH is 1. The van der Waals surface area contributed by atoms with Crippen molar-refractivity contribution in [2.75, 3.05) is 6.54 Å².